The van der Waals surface area contributed by atoms with E-state index >= 15 is 0 Å². The van der Waals surface area contributed by atoms with Gasteiger partial charge in [-0.1, -0.05) is 42.1 Å². The Bertz CT molecular complexity index is 973. The van der Waals surface area contributed by atoms with Crippen LogP contribution in [-0.4, -0.2) is 34.2 Å². The lowest BCUT2D eigenvalue weighted by Gasteiger charge is -2.12. The van der Waals surface area contributed by atoms with Crippen molar-refractivity contribution in [2.45, 2.75) is 12.1 Å². The maximum atomic E-state index is 12.6. The molecule has 2 aromatic carbocycles. The molecule has 0 radical (unpaired) electrons. The van der Waals surface area contributed by atoms with E-state index in [1.165, 1.54) is 18.0 Å². The molecule has 0 saturated carbocycles. The molecule has 1 aromatic heterocycles. The lowest BCUT2D eigenvalue weighted by molar-refractivity contribution is -0.123. The zero-order chi connectivity index (χ0) is 19.9. The van der Waals surface area contributed by atoms with Crippen LogP contribution in [0.15, 0.2) is 66.0 Å². The van der Waals surface area contributed by atoms with Crippen LogP contribution in [-0.2, 0) is 4.79 Å². The predicted molar refractivity (Wildman–Crippen MR) is 108 cm³/mol. The van der Waals surface area contributed by atoms with Gasteiger partial charge in [-0.3, -0.25) is 25.0 Å². The molecule has 144 valence electrons. The average Bonchev–Trinajstić information content (AvgIpc) is 3.15. The van der Waals surface area contributed by atoms with Crippen LogP contribution in [0, 0.1) is 6.92 Å². The van der Waals surface area contributed by atoms with Gasteiger partial charge in [0.25, 0.3) is 11.8 Å². The van der Waals surface area contributed by atoms with E-state index in [4.69, 9.17) is 4.74 Å². The van der Waals surface area contributed by atoms with Gasteiger partial charge in [-0.25, -0.2) is 4.98 Å². The summed E-state index contributed by atoms with van der Waals surface area (Å²) in [4.78, 5) is 28.8. The van der Waals surface area contributed by atoms with E-state index in [1.807, 2.05) is 61.7 Å². The molecule has 7 nitrogen and oxygen atoms in total. The summed E-state index contributed by atoms with van der Waals surface area (Å²) in [5, 5.41) is 0.672. The molecule has 3 aromatic rings. The van der Waals surface area contributed by atoms with Crippen molar-refractivity contribution in [3.8, 4) is 11.4 Å². The van der Waals surface area contributed by atoms with Crippen molar-refractivity contribution in [3.63, 3.8) is 0 Å². The van der Waals surface area contributed by atoms with Gasteiger partial charge in [0.05, 0.1) is 6.20 Å². The van der Waals surface area contributed by atoms with Crippen LogP contribution in [0.5, 0.6) is 5.75 Å². The number of aromatic nitrogens is 2. The van der Waals surface area contributed by atoms with E-state index in [-0.39, 0.29) is 6.61 Å². The molecule has 0 aliphatic carbocycles. The molecule has 0 bridgehead atoms. The second-order valence-electron chi connectivity index (χ2n) is 5.91. The van der Waals surface area contributed by atoms with E-state index in [2.05, 4.69) is 15.8 Å². The number of benzene rings is 2. The quantitative estimate of drug-likeness (QED) is 0.494. The molecular formula is C20H20N4O3S. The van der Waals surface area contributed by atoms with E-state index in [1.54, 1.807) is 10.6 Å². The SMILES string of the molecule is CSc1ncc(C(=O)NNC(=O)COc2cccc(C)c2)n1-c1ccccc1. The van der Waals surface area contributed by atoms with Gasteiger partial charge in [-0.05, 0) is 43.0 Å². The Morgan fingerprint density at radius 3 is 2.61 bits per heavy atom. The van der Waals surface area contributed by atoms with Gasteiger partial charge in [0.1, 0.15) is 11.4 Å². The van der Waals surface area contributed by atoms with Gasteiger partial charge in [0.15, 0.2) is 11.8 Å². The topological polar surface area (TPSA) is 85.2 Å². The second kappa shape index (κ2) is 9.09. The maximum absolute atomic E-state index is 12.6. The van der Waals surface area contributed by atoms with Crippen molar-refractivity contribution in [1.29, 1.82) is 0 Å². The van der Waals surface area contributed by atoms with Gasteiger partial charge in [0.2, 0.25) is 0 Å². The Balaban J connectivity index is 1.62. The third-order valence-electron chi connectivity index (χ3n) is 3.83. The standard InChI is InChI=1S/C20H20N4O3S/c1-14-7-6-10-16(11-14)27-13-18(25)22-23-19(26)17-12-21-20(28-2)24(17)15-8-4-3-5-9-15/h3-12H,13H2,1-2H3,(H,22,25)(H,23,26). The predicted octanol–water partition coefficient (Wildman–Crippen LogP) is 2.74. The molecule has 0 aliphatic rings. The molecule has 0 saturated heterocycles. The minimum atomic E-state index is -0.472. The number of thioether (sulfide) groups is 1. The molecule has 0 aliphatic heterocycles. The van der Waals surface area contributed by atoms with Crippen LogP contribution < -0.4 is 15.6 Å². The highest BCUT2D eigenvalue weighted by Crippen LogP contribution is 2.21. The second-order valence-corrected chi connectivity index (χ2v) is 6.68. The summed E-state index contributed by atoms with van der Waals surface area (Å²) in [6.07, 6.45) is 3.36. The number of amides is 2. The van der Waals surface area contributed by atoms with Crippen LogP contribution >= 0.6 is 11.8 Å². The molecule has 8 heteroatoms. The molecule has 0 unspecified atom stereocenters. The maximum Gasteiger partial charge on any atom is 0.288 e. The minimum absolute atomic E-state index is 0.211. The van der Waals surface area contributed by atoms with Crippen LogP contribution in [0.25, 0.3) is 5.69 Å². The molecule has 0 fully saturated rings. The number of imidazole rings is 1. The summed E-state index contributed by atoms with van der Waals surface area (Å²) in [7, 11) is 0. The number of carbonyl (C=O) groups is 2. The highest BCUT2D eigenvalue weighted by Gasteiger charge is 2.18. The normalized spacial score (nSPS) is 10.4. The lowest BCUT2D eigenvalue weighted by atomic mass is 10.2. The molecule has 1 heterocycles. The van der Waals surface area contributed by atoms with Crippen LogP contribution in [0.3, 0.4) is 0 Å². The highest BCUT2D eigenvalue weighted by atomic mass is 32.2. The number of hydrazine groups is 1. The summed E-state index contributed by atoms with van der Waals surface area (Å²) >= 11 is 1.42. The zero-order valence-electron chi connectivity index (χ0n) is 15.5. The Morgan fingerprint density at radius 2 is 1.89 bits per heavy atom. The minimum Gasteiger partial charge on any atom is -0.484 e. The summed E-state index contributed by atoms with van der Waals surface area (Å²) in [5.41, 5.74) is 6.92. The largest absolute Gasteiger partial charge is 0.484 e. The molecule has 2 N–H and O–H groups in total. The number of para-hydroxylation sites is 1. The van der Waals surface area contributed by atoms with Crippen molar-refractivity contribution < 1.29 is 14.3 Å². The highest BCUT2D eigenvalue weighted by molar-refractivity contribution is 7.98. The number of nitrogens with zero attached hydrogens (tertiary/aromatic N) is 2. The number of aryl methyl sites for hydroxylation is 1. The number of nitrogens with one attached hydrogen (secondary N) is 2. The van der Waals surface area contributed by atoms with Gasteiger partial charge in [0, 0.05) is 5.69 Å². The number of carbonyl (C=O) groups excluding carboxylic acids is 2. The molecule has 3 rings (SSSR count). The molecule has 28 heavy (non-hydrogen) atoms. The first-order chi connectivity index (χ1) is 13.6. The van der Waals surface area contributed by atoms with Crippen molar-refractivity contribution in [3.05, 3.63) is 72.1 Å². The summed E-state index contributed by atoms with van der Waals surface area (Å²) < 4.78 is 7.15. The molecule has 0 atom stereocenters. The van der Waals surface area contributed by atoms with Gasteiger partial charge in [-0.2, -0.15) is 0 Å². The Kier molecular flexibility index (Phi) is 6.33. The number of rotatable bonds is 6. The monoisotopic (exact) mass is 396 g/mol. The van der Waals surface area contributed by atoms with Gasteiger partial charge in [-0.15, -0.1) is 0 Å². The van der Waals surface area contributed by atoms with Crippen LogP contribution in [0.2, 0.25) is 0 Å². The third kappa shape index (κ3) is 4.72. The van der Waals surface area contributed by atoms with Gasteiger partial charge < -0.3 is 4.74 Å². The Hall–Kier alpha value is -3.26. The third-order valence-corrected chi connectivity index (χ3v) is 4.49. The van der Waals surface area contributed by atoms with Crippen molar-refractivity contribution in [1.82, 2.24) is 20.4 Å². The lowest BCUT2D eigenvalue weighted by Crippen LogP contribution is -2.44. The smallest absolute Gasteiger partial charge is 0.288 e. The first-order valence-electron chi connectivity index (χ1n) is 8.54. The summed E-state index contributed by atoms with van der Waals surface area (Å²) in [5.74, 6) is -0.348. The van der Waals surface area contributed by atoms with Crippen molar-refractivity contribution in [2.24, 2.45) is 0 Å². The zero-order valence-corrected chi connectivity index (χ0v) is 16.3. The fourth-order valence-electron chi connectivity index (χ4n) is 2.55. The fraction of sp³-hybridized carbons (Fsp3) is 0.150. The van der Waals surface area contributed by atoms with Crippen molar-refractivity contribution >= 4 is 23.6 Å². The summed E-state index contributed by atoms with van der Waals surface area (Å²) in [6, 6.07) is 16.8. The van der Waals surface area contributed by atoms with E-state index in [0.29, 0.717) is 16.6 Å². The van der Waals surface area contributed by atoms with Crippen molar-refractivity contribution in [2.75, 3.05) is 12.9 Å². The van der Waals surface area contributed by atoms with Crippen LogP contribution in [0.1, 0.15) is 16.1 Å². The Labute approximate surface area is 167 Å². The van der Waals surface area contributed by atoms with E-state index in [0.717, 1.165) is 11.3 Å². The number of ether oxygens (including phenoxy) is 1. The number of hydrogen-bond donors (Lipinski definition) is 2. The first-order valence-corrected chi connectivity index (χ1v) is 9.77. The first kappa shape index (κ1) is 19.5. The molecular weight excluding hydrogens is 376 g/mol. The fourth-order valence-corrected chi connectivity index (χ4v) is 3.09. The van der Waals surface area contributed by atoms with Gasteiger partial charge >= 0.3 is 0 Å². The average molecular weight is 396 g/mol. The van der Waals surface area contributed by atoms with E-state index < -0.39 is 11.8 Å². The Morgan fingerprint density at radius 1 is 1.11 bits per heavy atom. The summed E-state index contributed by atoms with van der Waals surface area (Å²) in [6.45, 7) is 1.73. The van der Waals surface area contributed by atoms with Crippen LogP contribution in [0.4, 0.5) is 0 Å². The van der Waals surface area contributed by atoms with E-state index in [9.17, 15) is 9.59 Å². The number of hydrogen-bond acceptors (Lipinski definition) is 5. The molecule has 2 amide bonds. The molecule has 0 spiro atoms.